The van der Waals surface area contributed by atoms with E-state index in [1.807, 2.05) is 0 Å². The first kappa shape index (κ1) is 28.5. The lowest BCUT2D eigenvalue weighted by atomic mass is 10.1. The Morgan fingerprint density at radius 3 is 2.40 bits per heavy atom. The number of carbonyl (C=O) groups excluding carboxylic acids is 2. The van der Waals surface area contributed by atoms with Gasteiger partial charge in [0.2, 0.25) is 11.8 Å². The van der Waals surface area contributed by atoms with Crippen molar-refractivity contribution in [1.29, 1.82) is 0 Å². The minimum absolute atomic E-state index is 0.0881. The Labute approximate surface area is 224 Å². The monoisotopic (exact) mass is 563 g/mol. The molecule has 0 radical (unpaired) electrons. The van der Waals surface area contributed by atoms with Gasteiger partial charge in [0.05, 0.1) is 17.8 Å². The van der Waals surface area contributed by atoms with Crippen LogP contribution in [0.5, 0.6) is 11.6 Å². The number of carbonyl (C=O) groups is 3. The number of carboxylic acid groups (broad SMARTS) is 1. The van der Waals surface area contributed by atoms with Gasteiger partial charge in [-0.3, -0.25) is 14.5 Å². The highest BCUT2D eigenvalue weighted by atomic mass is 19.4. The number of ether oxygens (including phenoxy) is 1. The van der Waals surface area contributed by atoms with Crippen LogP contribution in [0, 0.1) is 6.92 Å². The molecule has 3 aromatic rings. The van der Waals surface area contributed by atoms with Gasteiger partial charge in [-0.1, -0.05) is 17.7 Å². The van der Waals surface area contributed by atoms with E-state index in [-0.39, 0.29) is 23.5 Å². The summed E-state index contributed by atoms with van der Waals surface area (Å²) in [5.74, 6) is -7.46. The average Bonchev–Trinajstić information content (AvgIpc) is 3.26. The van der Waals surface area contributed by atoms with Gasteiger partial charge in [-0.25, -0.2) is 18.6 Å². The fraction of sp³-hybridized carbons (Fsp3) is 0.259. The summed E-state index contributed by atoms with van der Waals surface area (Å²) in [6.07, 6.45) is -4.29. The molecule has 210 valence electrons. The second-order valence-corrected chi connectivity index (χ2v) is 9.12. The summed E-state index contributed by atoms with van der Waals surface area (Å²) in [4.78, 5) is 43.9. The van der Waals surface area contributed by atoms with Crippen molar-refractivity contribution in [2.45, 2.75) is 25.4 Å². The molecule has 1 aliphatic heterocycles. The number of alkyl halides is 5. The second-order valence-electron chi connectivity index (χ2n) is 9.12. The van der Waals surface area contributed by atoms with E-state index in [0.717, 1.165) is 51.9 Å². The molecule has 1 aliphatic rings. The maximum absolute atomic E-state index is 13.7. The third-order valence-corrected chi connectivity index (χ3v) is 6.14. The maximum atomic E-state index is 13.7. The standard InChI is InChI=1S/C27H22F5N3O5/c1-16-4-6-17(7-5-16)24(37)35(14-22(36)34-12-10-26(28,29)15-34)21-9-8-18(13-19(21)25(38)39)40-23-20(27(30,31)32)3-2-11-33-23/h2-9,11,13H,10,12,14-15H2,1H3,(H,38,39). The molecule has 13 heteroatoms. The van der Waals surface area contributed by atoms with Gasteiger partial charge < -0.3 is 14.7 Å². The van der Waals surface area contributed by atoms with Crippen molar-refractivity contribution < 1.29 is 46.2 Å². The normalized spacial score (nSPS) is 14.6. The van der Waals surface area contributed by atoms with E-state index in [1.54, 1.807) is 19.1 Å². The van der Waals surface area contributed by atoms with Crippen LogP contribution in [0.3, 0.4) is 0 Å². The summed E-state index contributed by atoms with van der Waals surface area (Å²) in [5, 5.41) is 9.91. The lowest BCUT2D eigenvalue weighted by Gasteiger charge is -2.27. The molecule has 2 amide bonds. The van der Waals surface area contributed by atoms with Gasteiger partial charge in [0, 0.05) is 24.7 Å². The molecule has 0 saturated carbocycles. The van der Waals surface area contributed by atoms with Crippen LogP contribution in [0.2, 0.25) is 0 Å². The summed E-state index contributed by atoms with van der Waals surface area (Å²) < 4.78 is 72.8. The first-order chi connectivity index (χ1) is 18.7. The van der Waals surface area contributed by atoms with Crippen molar-refractivity contribution in [3.8, 4) is 11.6 Å². The summed E-state index contributed by atoms with van der Waals surface area (Å²) in [6.45, 7) is -0.0803. The molecule has 4 rings (SSSR count). The number of pyridine rings is 1. The van der Waals surface area contributed by atoms with Crippen LogP contribution in [-0.4, -0.2) is 58.3 Å². The number of rotatable bonds is 7. The number of amides is 2. The molecule has 2 heterocycles. The van der Waals surface area contributed by atoms with Gasteiger partial charge in [0.25, 0.3) is 11.8 Å². The molecule has 1 aromatic heterocycles. The maximum Gasteiger partial charge on any atom is 0.421 e. The van der Waals surface area contributed by atoms with Gasteiger partial charge in [0.1, 0.15) is 17.9 Å². The van der Waals surface area contributed by atoms with E-state index in [4.69, 9.17) is 4.74 Å². The minimum Gasteiger partial charge on any atom is -0.478 e. The van der Waals surface area contributed by atoms with E-state index >= 15 is 0 Å². The molecule has 1 N–H and O–H groups in total. The van der Waals surface area contributed by atoms with E-state index in [2.05, 4.69) is 4.98 Å². The Morgan fingerprint density at radius 1 is 1.10 bits per heavy atom. The van der Waals surface area contributed by atoms with E-state index < -0.39 is 66.4 Å². The van der Waals surface area contributed by atoms with Crippen LogP contribution in [0.4, 0.5) is 27.6 Å². The number of likely N-dealkylation sites (tertiary alicyclic amines) is 1. The molecule has 0 spiro atoms. The topological polar surface area (TPSA) is 100 Å². The molecule has 0 bridgehead atoms. The zero-order valence-corrected chi connectivity index (χ0v) is 20.9. The molecule has 2 aromatic carbocycles. The van der Waals surface area contributed by atoms with E-state index in [1.165, 1.54) is 12.1 Å². The summed E-state index contributed by atoms with van der Waals surface area (Å²) in [5.41, 5.74) is -1.16. The smallest absolute Gasteiger partial charge is 0.421 e. The van der Waals surface area contributed by atoms with E-state index in [0.29, 0.717) is 0 Å². The molecule has 0 aliphatic carbocycles. The van der Waals surface area contributed by atoms with Crippen LogP contribution in [-0.2, 0) is 11.0 Å². The van der Waals surface area contributed by atoms with Crippen LogP contribution in [0.25, 0.3) is 0 Å². The highest BCUT2D eigenvalue weighted by Gasteiger charge is 2.41. The third-order valence-electron chi connectivity index (χ3n) is 6.14. The van der Waals surface area contributed by atoms with Gasteiger partial charge >= 0.3 is 12.1 Å². The Morgan fingerprint density at radius 2 is 1.80 bits per heavy atom. The summed E-state index contributed by atoms with van der Waals surface area (Å²) >= 11 is 0. The average molecular weight is 563 g/mol. The molecular weight excluding hydrogens is 541 g/mol. The lowest BCUT2D eigenvalue weighted by molar-refractivity contribution is -0.139. The number of hydrogen-bond donors (Lipinski definition) is 1. The number of hydrogen-bond acceptors (Lipinski definition) is 5. The molecule has 40 heavy (non-hydrogen) atoms. The molecule has 1 fully saturated rings. The van der Waals surface area contributed by atoms with Gasteiger partial charge in [0.15, 0.2) is 0 Å². The summed E-state index contributed by atoms with van der Waals surface area (Å²) in [6, 6.07) is 11.0. The van der Waals surface area contributed by atoms with Crippen molar-refractivity contribution in [3.63, 3.8) is 0 Å². The third kappa shape index (κ3) is 6.35. The quantitative estimate of drug-likeness (QED) is 0.386. The SMILES string of the molecule is Cc1ccc(C(=O)N(CC(=O)N2CCC(F)(F)C2)c2ccc(Oc3ncccc3C(F)(F)F)cc2C(=O)O)cc1. The number of aromatic nitrogens is 1. The highest BCUT2D eigenvalue weighted by molar-refractivity contribution is 6.11. The molecular formula is C27H22F5N3O5. The fourth-order valence-electron chi connectivity index (χ4n) is 4.09. The van der Waals surface area contributed by atoms with Crippen molar-refractivity contribution in [2.24, 2.45) is 0 Å². The first-order valence-electron chi connectivity index (χ1n) is 11.9. The van der Waals surface area contributed by atoms with Crippen LogP contribution >= 0.6 is 0 Å². The van der Waals surface area contributed by atoms with Crippen LogP contribution in [0.15, 0.2) is 60.8 Å². The number of halogens is 5. The zero-order chi connectivity index (χ0) is 29.2. The van der Waals surface area contributed by atoms with Crippen LogP contribution < -0.4 is 9.64 Å². The number of anilines is 1. The molecule has 8 nitrogen and oxygen atoms in total. The molecule has 0 unspecified atom stereocenters. The highest BCUT2D eigenvalue weighted by Crippen LogP contribution is 2.37. The Kier molecular flexibility index (Phi) is 7.76. The Bertz CT molecular complexity index is 1440. The largest absolute Gasteiger partial charge is 0.478 e. The van der Waals surface area contributed by atoms with Gasteiger partial charge in [-0.15, -0.1) is 0 Å². The second kappa shape index (κ2) is 10.9. The summed E-state index contributed by atoms with van der Waals surface area (Å²) in [7, 11) is 0. The molecule has 0 atom stereocenters. The number of aromatic carboxylic acids is 1. The predicted molar refractivity (Wildman–Crippen MR) is 132 cm³/mol. The number of benzene rings is 2. The van der Waals surface area contributed by atoms with E-state index in [9.17, 15) is 41.4 Å². The number of aryl methyl sites for hydroxylation is 1. The minimum atomic E-state index is -4.80. The fourth-order valence-corrected chi connectivity index (χ4v) is 4.09. The Hall–Kier alpha value is -4.55. The van der Waals surface area contributed by atoms with Crippen molar-refractivity contribution in [1.82, 2.24) is 9.88 Å². The van der Waals surface area contributed by atoms with Gasteiger partial charge in [-0.05, 0) is 49.4 Å². The first-order valence-corrected chi connectivity index (χ1v) is 11.9. The zero-order valence-electron chi connectivity index (χ0n) is 20.9. The van der Waals surface area contributed by atoms with Crippen molar-refractivity contribution >= 4 is 23.5 Å². The molecule has 1 saturated heterocycles. The number of carboxylic acids is 1. The van der Waals surface area contributed by atoms with Crippen molar-refractivity contribution in [2.75, 3.05) is 24.5 Å². The lowest BCUT2D eigenvalue weighted by Crippen LogP contribution is -2.43. The Balaban J connectivity index is 1.73. The van der Waals surface area contributed by atoms with Crippen LogP contribution in [0.1, 0.15) is 38.3 Å². The number of nitrogens with zero attached hydrogens (tertiary/aromatic N) is 3. The van der Waals surface area contributed by atoms with Gasteiger partial charge in [-0.2, -0.15) is 13.2 Å². The predicted octanol–water partition coefficient (Wildman–Crippen LogP) is 5.41. The van der Waals surface area contributed by atoms with Crippen molar-refractivity contribution in [3.05, 3.63) is 83.0 Å².